The zero-order chi connectivity index (χ0) is 16.5. The van der Waals surface area contributed by atoms with Gasteiger partial charge in [0.15, 0.2) is 0 Å². The second-order valence-electron chi connectivity index (χ2n) is 6.64. The lowest BCUT2D eigenvalue weighted by molar-refractivity contribution is 0.190. The van der Waals surface area contributed by atoms with Gasteiger partial charge < -0.3 is 9.80 Å². The van der Waals surface area contributed by atoms with Crippen LogP contribution in [0.5, 0.6) is 0 Å². The lowest BCUT2D eigenvalue weighted by atomic mass is 10.0. The molecule has 2 nitrogen and oxygen atoms in total. The summed E-state index contributed by atoms with van der Waals surface area (Å²) in [5, 5.41) is 0. The third kappa shape index (κ3) is 3.07. The van der Waals surface area contributed by atoms with E-state index in [1.165, 1.54) is 51.9 Å². The summed E-state index contributed by atoms with van der Waals surface area (Å²) in [5.74, 6) is 0. The van der Waals surface area contributed by atoms with Crippen LogP contribution in [0.15, 0.2) is 57.2 Å². The zero-order valence-electron chi connectivity index (χ0n) is 14.4. The van der Waals surface area contributed by atoms with E-state index in [0.29, 0.717) is 6.04 Å². The maximum absolute atomic E-state index is 2.56. The third-order valence-electron chi connectivity index (χ3n) is 5.15. The number of hydrogen-bond donors (Lipinski definition) is 0. The smallest absolute Gasteiger partial charge is 0.0564 e. The average molecular weight is 357 g/mol. The Hall–Kier alpha value is -1.10. The van der Waals surface area contributed by atoms with Crippen LogP contribution < -0.4 is 4.90 Å². The molecule has 2 aliphatic rings. The van der Waals surface area contributed by atoms with Gasteiger partial charge in [-0.3, -0.25) is 0 Å². The van der Waals surface area contributed by atoms with Gasteiger partial charge >= 0.3 is 0 Å². The Morgan fingerprint density at radius 2 is 1.92 bits per heavy atom. The Kier molecular flexibility index (Phi) is 4.79. The van der Waals surface area contributed by atoms with Crippen molar-refractivity contribution < 1.29 is 0 Å². The lowest BCUT2D eigenvalue weighted by Gasteiger charge is -2.40. The first kappa shape index (κ1) is 16.4. The van der Waals surface area contributed by atoms with Gasteiger partial charge in [-0.1, -0.05) is 30.3 Å². The van der Waals surface area contributed by atoms with E-state index < -0.39 is 0 Å². The van der Waals surface area contributed by atoms with E-state index in [0.717, 1.165) is 6.54 Å². The molecule has 24 heavy (non-hydrogen) atoms. The number of piperidine rings is 1. The molecule has 0 aliphatic carbocycles. The highest BCUT2D eigenvalue weighted by Gasteiger charge is 2.28. The molecule has 2 aromatic carbocycles. The first-order valence-electron chi connectivity index (χ1n) is 8.69. The fourth-order valence-corrected chi connectivity index (χ4v) is 5.23. The molecule has 1 unspecified atom stereocenters. The molecule has 1 atom stereocenters. The summed E-state index contributed by atoms with van der Waals surface area (Å²) in [4.78, 5) is 9.21. The average Bonchev–Trinajstić information content (AvgIpc) is 2.63. The molecule has 2 aromatic rings. The molecule has 1 saturated heterocycles. The molecule has 0 aromatic heterocycles. The van der Waals surface area contributed by atoms with Crippen molar-refractivity contribution >= 4 is 34.9 Å². The van der Waals surface area contributed by atoms with Crippen molar-refractivity contribution in [3.05, 3.63) is 42.5 Å². The Balaban J connectivity index is 1.73. The third-order valence-corrected chi connectivity index (χ3v) is 7.00. The Labute approximate surface area is 153 Å². The van der Waals surface area contributed by atoms with E-state index in [1.807, 2.05) is 23.5 Å². The second-order valence-corrected chi connectivity index (χ2v) is 8.61. The first-order valence-corrected chi connectivity index (χ1v) is 10.7. The van der Waals surface area contributed by atoms with Crippen LogP contribution in [0, 0.1) is 0 Å². The van der Waals surface area contributed by atoms with Crippen molar-refractivity contribution in [2.45, 2.75) is 40.0 Å². The molecule has 126 valence electrons. The van der Waals surface area contributed by atoms with Gasteiger partial charge in [0.2, 0.25) is 0 Å². The van der Waals surface area contributed by atoms with Gasteiger partial charge in [0.1, 0.15) is 0 Å². The fourth-order valence-electron chi connectivity index (χ4n) is 3.72. The van der Waals surface area contributed by atoms with Crippen LogP contribution >= 0.6 is 23.5 Å². The summed E-state index contributed by atoms with van der Waals surface area (Å²) in [6.07, 6.45) is 6.16. The number of anilines is 2. The number of fused-ring (bicyclic) bond motifs is 2. The van der Waals surface area contributed by atoms with E-state index in [9.17, 15) is 0 Å². The van der Waals surface area contributed by atoms with Crippen molar-refractivity contribution in [1.29, 1.82) is 0 Å². The molecular formula is C20H24N2S2. The van der Waals surface area contributed by atoms with Crippen LogP contribution in [-0.4, -0.2) is 37.3 Å². The Bertz CT molecular complexity index is 731. The zero-order valence-corrected chi connectivity index (χ0v) is 16.0. The minimum absolute atomic E-state index is 0.640. The normalized spacial score (nSPS) is 20.6. The molecule has 0 radical (unpaired) electrons. The monoisotopic (exact) mass is 356 g/mol. The van der Waals surface area contributed by atoms with Gasteiger partial charge in [-0.2, -0.15) is 0 Å². The molecule has 0 spiro atoms. The Morgan fingerprint density at radius 1 is 1.08 bits per heavy atom. The van der Waals surface area contributed by atoms with Gasteiger partial charge in [-0.05, 0) is 63.0 Å². The van der Waals surface area contributed by atoms with Gasteiger partial charge in [-0.25, -0.2) is 0 Å². The van der Waals surface area contributed by atoms with Crippen molar-refractivity contribution in [3.63, 3.8) is 0 Å². The van der Waals surface area contributed by atoms with Crippen LogP contribution in [0.25, 0.3) is 0 Å². The van der Waals surface area contributed by atoms with Crippen molar-refractivity contribution in [2.24, 2.45) is 0 Å². The van der Waals surface area contributed by atoms with Crippen LogP contribution in [-0.2, 0) is 0 Å². The van der Waals surface area contributed by atoms with E-state index in [2.05, 4.69) is 65.6 Å². The highest BCUT2D eigenvalue weighted by atomic mass is 32.2. The predicted octanol–water partition coefficient (Wildman–Crippen LogP) is 5.50. The number of para-hydroxylation sites is 1. The molecule has 4 heteroatoms. The van der Waals surface area contributed by atoms with E-state index >= 15 is 0 Å². The maximum Gasteiger partial charge on any atom is 0.0564 e. The minimum atomic E-state index is 0.640. The van der Waals surface area contributed by atoms with Gasteiger partial charge in [0.05, 0.1) is 11.4 Å². The van der Waals surface area contributed by atoms with Crippen LogP contribution in [0.2, 0.25) is 0 Å². The van der Waals surface area contributed by atoms with E-state index in [4.69, 9.17) is 0 Å². The molecule has 0 N–H and O–H groups in total. The minimum Gasteiger partial charge on any atom is -0.338 e. The second kappa shape index (κ2) is 7.03. The van der Waals surface area contributed by atoms with E-state index in [1.54, 1.807) is 0 Å². The number of benzene rings is 2. The summed E-state index contributed by atoms with van der Waals surface area (Å²) in [7, 11) is 2.29. The lowest BCUT2D eigenvalue weighted by Crippen LogP contribution is -2.44. The number of nitrogens with zero attached hydrogens (tertiary/aromatic N) is 2. The van der Waals surface area contributed by atoms with Crippen LogP contribution in [0.4, 0.5) is 11.4 Å². The summed E-state index contributed by atoms with van der Waals surface area (Å²) >= 11 is 3.73. The number of likely N-dealkylation sites (tertiary alicyclic amines) is 1. The largest absolute Gasteiger partial charge is 0.338 e. The van der Waals surface area contributed by atoms with Crippen molar-refractivity contribution in [2.75, 3.05) is 31.3 Å². The first-order chi connectivity index (χ1) is 11.8. The topological polar surface area (TPSA) is 6.48 Å². The highest BCUT2D eigenvalue weighted by molar-refractivity contribution is 8.00. The summed E-state index contributed by atoms with van der Waals surface area (Å²) in [6, 6.07) is 16.4. The molecular weight excluding hydrogens is 332 g/mol. The summed E-state index contributed by atoms with van der Waals surface area (Å²) in [5.41, 5.74) is 2.75. The molecule has 0 amide bonds. The van der Waals surface area contributed by atoms with Gasteiger partial charge in [0, 0.05) is 27.3 Å². The summed E-state index contributed by atoms with van der Waals surface area (Å²) < 4.78 is 0. The molecule has 4 rings (SSSR count). The Morgan fingerprint density at radius 3 is 2.75 bits per heavy atom. The summed E-state index contributed by atoms with van der Waals surface area (Å²) in [6.45, 7) is 2.31. The number of likely N-dealkylation sites (N-methyl/N-ethyl adjacent to an activating group) is 1. The number of rotatable bonds is 3. The fraction of sp³-hybridized carbons (Fsp3) is 0.400. The van der Waals surface area contributed by atoms with E-state index in [-0.39, 0.29) is 0 Å². The molecule has 0 saturated carbocycles. The standard InChI is InChI=1S/C20H24N2S2/c1-21-12-6-5-7-15(21)14-22-17-8-3-4-9-19(17)24-20-11-10-16(23-2)13-18(20)22/h3-4,8-11,13,15H,5-7,12,14H2,1-2H3. The van der Waals surface area contributed by atoms with Crippen molar-refractivity contribution in [1.82, 2.24) is 4.90 Å². The number of hydrogen-bond acceptors (Lipinski definition) is 4. The van der Waals surface area contributed by atoms with Gasteiger partial charge in [0.25, 0.3) is 0 Å². The predicted molar refractivity (Wildman–Crippen MR) is 106 cm³/mol. The van der Waals surface area contributed by atoms with Crippen LogP contribution in [0.1, 0.15) is 19.3 Å². The van der Waals surface area contributed by atoms with Gasteiger partial charge in [-0.15, -0.1) is 11.8 Å². The number of thioether (sulfide) groups is 1. The van der Waals surface area contributed by atoms with Crippen molar-refractivity contribution in [3.8, 4) is 0 Å². The molecule has 0 bridgehead atoms. The SMILES string of the molecule is CSc1ccc2c(c1)N(CC1CCCCN1C)c1ccccc1S2. The van der Waals surface area contributed by atoms with Crippen LogP contribution in [0.3, 0.4) is 0 Å². The molecule has 2 heterocycles. The molecule has 2 aliphatic heterocycles. The highest BCUT2D eigenvalue weighted by Crippen LogP contribution is 2.49. The quantitative estimate of drug-likeness (QED) is 0.670. The maximum atomic E-state index is 2.56. The molecule has 1 fully saturated rings.